The van der Waals surface area contributed by atoms with Crippen molar-refractivity contribution >= 4 is 22.8 Å². The lowest BCUT2D eigenvalue weighted by molar-refractivity contribution is -0.139. The molecule has 2 N–H and O–H groups in total. The number of fused-ring (bicyclic) bond motifs is 1. The van der Waals surface area contributed by atoms with Gasteiger partial charge in [0.25, 0.3) is 0 Å². The van der Waals surface area contributed by atoms with Gasteiger partial charge in [0, 0.05) is 19.0 Å². The fraction of sp³-hybridized carbons (Fsp3) is 0.600. The summed E-state index contributed by atoms with van der Waals surface area (Å²) in [4.78, 5) is 28.3. The quantitative estimate of drug-likeness (QED) is 0.821. The molecule has 1 saturated carbocycles. The number of piperidine rings is 1. The normalized spacial score (nSPS) is 25.6. The molecule has 4 rings (SSSR count). The number of aromatic nitrogens is 3. The number of amides is 2. The van der Waals surface area contributed by atoms with Crippen LogP contribution in [-0.4, -0.2) is 62.0 Å². The van der Waals surface area contributed by atoms with Crippen molar-refractivity contribution in [1.29, 1.82) is 0 Å². The van der Waals surface area contributed by atoms with E-state index >= 15 is 0 Å². The molecular formula is C20H27N5O3. The highest BCUT2D eigenvalue weighted by molar-refractivity contribution is 5.79. The largest absolute Gasteiger partial charge is 0.391 e. The minimum atomic E-state index is -0.707. The molecule has 0 radical (unpaired) electrons. The highest BCUT2D eigenvalue weighted by atomic mass is 16.3. The lowest BCUT2D eigenvalue weighted by Gasteiger charge is -2.36. The number of carbonyl (C=O) groups excluding carboxylic acids is 2. The molecule has 2 aromatic rings. The van der Waals surface area contributed by atoms with E-state index in [0.717, 1.165) is 37.0 Å². The van der Waals surface area contributed by atoms with Crippen LogP contribution in [0.1, 0.15) is 38.5 Å². The van der Waals surface area contributed by atoms with Crippen LogP contribution in [0.15, 0.2) is 24.3 Å². The first-order valence-electron chi connectivity index (χ1n) is 10.2. The van der Waals surface area contributed by atoms with Crippen molar-refractivity contribution in [1.82, 2.24) is 25.2 Å². The van der Waals surface area contributed by atoms with E-state index in [-0.39, 0.29) is 30.3 Å². The van der Waals surface area contributed by atoms with Gasteiger partial charge in [-0.1, -0.05) is 12.1 Å². The third kappa shape index (κ3) is 4.16. The van der Waals surface area contributed by atoms with Crippen LogP contribution in [-0.2, 0) is 16.1 Å². The highest BCUT2D eigenvalue weighted by Crippen LogP contribution is 2.27. The molecule has 1 saturated heterocycles. The Kier molecular flexibility index (Phi) is 5.57. The Morgan fingerprint density at radius 2 is 1.75 bits per heavy atom. The maximum absolute atomic E-state index is 12.7. The molecule has 1 aromatic carbocycles. The van der Waals surface area contributed by atoms with Crippen LogP contribution < -0.4 is 5.32 Å². The molecule has 2 heterocycles. The van der Waals surface area contributed by atoms with E-state index in [4.69, 9.17) is 0 Å². The number of likely N-dealkylation sites (tertiary alicyclic amines) is 1. The van der Waals surface area contributed by atoms with E-state index in [1.807, 2.05) is 29.2 Å². The summed E-state index contributed by atoms with van der Waals surface area (Å²) < 4.78 is 0. The van der Waals surface area contributed by atoms with Gasteiger partial charge in [-0.25, -0.2) is 0 Å². The Labute approximate surface area is 163 Å². The molecule has 1 aliphatic heterocycles. The van der Waals surface area contributed by atoms with Gasteiger partial charge in [-0.3, -0.25) is 9.59 Å². The standard InChI is InChI=1S/C20H27N5O3/c26-18-12-14(20(28)24-10-4-1-5-11-24)8-9-17(18)21-19(27)13-25-22-15-6-2-3-7-16(15)23-25/h2-3,6-7,14,17-18,26H,1,4-5,8-13H2,(H,21,27). The maximum Gasteiger partial charge on any atom is 0.243 e. The highest BCUT2D eigenvalue weighted by Gasteiger charge is 2.35. The van der Waals surface area contributed by atoms with Crippen molar-refractivity contribution in [3.8, 4) is 0 Å². The molecule has 0 bridgehead atoms. The van der Waals surface area contributed by atoms with Gasteiger partial charge < -0.3 is 15.3 Å². The topological polar surface area (TPSA) is 100 Å². The number of nitrogens with zero attached hydrogens (tertiary/aromatic N) is 4. The van der Waals surface area contributed by atoms with Crippen molar-refractivity contribution in [2.24, 2.45) is 5.92 Å². The fourth-order valence-electron chi connectivity index (χ4n) is 4.27. The second kappa shape index (κ2) is 8.26. The SMILES string of the molecule is O=C(Cn1nc2ccccc2n1)NC1CCC(C(=O)N2CCCCC2)CC1O. The van der Waals surface area contributed by atoms with Crippen molar-refractivity contribution in [2.45, 2.75) is 57.2 Å². The Balaban J connectivity index is 1.29. The smallest absolute Gasteiger partial charge is 0.243 e. The summed E-state index contributed by atoms with van der Waals surface area (Å²) in [7, 11) is 0. The van der Waals surface area contributed by atoms with Crippen molar-refractivity contribution in [3.05, 3.63) is 24.3 Å². The van der Waals surface area contributed by atoms with E-state index in [9.17, 15) is 14.7 Å². The van der Waals surface area contributed by atoms with Crippen LogP contribution in [0.3, 0.4) is 0 Å². The van der Waals surface area contributed by atoms with Crippen molar-refractivity contribution in [2.75, 3.05) is 13.1 Å². The molecule has 1 aliphatic carbocycles. The Hall–Kier alpha value is -2.48. The predicted molar refractivity (Wildman–Crippen MR) is 103 cm³/mol. The van der Waals surface area contributed by atoms with Gasteiger partial charge in [0.15, 0.2) is 0 Å². The summed E-state index contributed by atoms with van der Waals surface area (Å²) in [6.07, 6.45) is 4.32. The van der Waals surface area contributed by atoms with Crippen LogP contribution in [0.5, 0.6) is 0 Å². The molecule has 3 unspecified atom stereocenters. The van der Waals surface area contributed by atoms with Gasteiger partial charge >= 0.3 is 0 Å². The van der Waals surface area contributed by atoms with Gasteiger partial charge in [-0.15, -0.1) is 0 Å². The molecule has 8 nitrogen and oxygen atoms in total. The number of hydrogen-bond acceptors (Lipinski definition) is 5. The number of benzene rings is 1. The zero-order valence-corrected chi connectivity index (χ0v) is 16.0. The van der Waals surface area contributed by atoms with Crippen molar-refractivity contribution in [3.63, 3.8) is 0 Å². The summed E-state index contributed by atoms with van der Waals surface area (Å²) in [6, 6.07) is 7.12. The number of aliphatic hydroxyl groups is 1. The second-order valence-corrected chi connectivity index (χ2v) is 7.86. The van der Waals surface area contributed by atoms with Crippen LogP contribution >= 0.6 is 0 Å². The van der Waals surface area contributed by atoms with Gasteiger partial charge in [0.2, 0.25) is 11.8 Å². The van der Waals surface area contributed by atoms with Crippen LogP contribution in [0.4, 0.5) is 0 Å². The summed E-state index contributed by atoms with van der Waals surface area (Å²) in [5.41, 5.74) is 1.49. The second-order valence-electron chi connectivity index (χ2n) is 7.86. The first kappa shape index (κ1) is 18.9. The zero-order chi connectivity index (χ0) is 19.5. The minimum Gasteiger partial charge on any atom is -0.391 e. The van der Waals surface area contributed by atoms with Crippen molar-refractivity contribution < 1.29 is 14.7 Å². The van der Waals surface area contributed by atoms with Gasteiger partial charge in [0.05, 0.1) is 12.1 Å². The average molecular weight is 385 g/mol. The number of rotatable bonds is 4. The Morgan fingerprint density at radius 3 is 2.39 bits per heavy atom. The molecule has 2 amide bonds. The van der Waals surface area contributed by atoms with Crippen LogP contribution in [0, 0.1) is 5.92 Å². The van der Waals surface area contributed by atoms with Crippen LogP contribution in [0.2, 0.25) is 0 Å². The Bertz CT molecular complexity index is 812. The molecule has 0 spiro atoms. The predicted octanol–water partition coefficient (Wildman–Crippen LogP) is 1.09. The molecular weight excluding hydrogens is 358 g/mol. The number of aliphatic hydroxyl groups excluding tert-OH is 1. The van der Waals surface area contributed by atoms with E-state index in [1.54, 1.807) is 0 Å². The maximum atomic E-state index is 12.7. The molecule has 3 atom stereocenters. The van der Waals surface area contributed by atoms with E-state index < -0.39 is 6.10 Å². The fourth-order valence-corrected chi connectivity index (χ4v) is 4.27. The van der Waals surface area contributed by atoms with E-state index in [0.29, 0.717) is 19.3 Å². The summed E-state index contributed by atoms with van der Waals surface area (Å²) in [6.45, 7) is 1.67. The molecule has 150 valence electrons. The number of nitrogens with one attached hydrogen (secondary N) is 1. The zero-order valence-electron chi connectivity index (χ0n) is 16.0. The van der Waals surface area contributed by atoms with Gasteiger partial charge in [-0.2, -0.15) is 15.0 Å². The summed E-state index contributed by atoms with van der Waals surface area (Å²) in [5, 5.41) is 21.9. The molecule has 2 fully saturated rings. The molecule has 1 aromatic heterocycles. The summed E-state index contributed by atoms with van der Waals surface area (Å²) in [5.74, 6) is -0.208. The lowest BCUT2D eigenvalue weighted by Crippen LogP contribution is -2.50. The first-order chi connectivity index (χ1) is 13.6. The van der Waals surface area contributed by atoms with Gasteiger partial charge in [-0.05, 0) is 50.7 Å². The van der Waals surface area contributed by atoms with E-state index in [1.165, 1.54) is 11.2 Å². The molecule has 2 aliphatic rings. The monoisotopic (exact) mass is 385 g/mol. The number of carbonyl (C=O) groups is 2. The lowest BCUT2D eigenvalue weighted by atomic mass is 9.82. The third-order valence-corrected chi connectivity index (χ3v) is 5.79. The molecule has 8 heteroatoms. The number of hydrogen-bond donors (Lipinski definition) is 2. The first-order valence-corrected chi connectivity index (χ1v) is 10.2. The van der Waals surface area contributed by atoms with Gasteiger partial charge in [0.1, 0.15) is 17.6 Å². The third-order valence-electron chi connectivity index (χ3n) is 5.79. The minimum absolute atomic E-state index is 0.00797. The average Bonchev–Trinajstić information content (AvgIpc) is 3.11. The molecule has 28 heavy (non-hydrogen) atoms. The van der Waals surface area contributed by atoms with Crippen LogP contribution in [0.25, 0.3) is 11.0 Å². The van der Waals surface area contributed by atoms with E-state index in [2.05, 4.69) is 15.5 Å². The summed E-state index contributed by atoms with van der Waals surface area (Å²) >= 11 is 0. The Morgan fingerprint density at radius 1 is 1.07 bits per heavy atom.